The second-order valence-electron chi connectivity index (χ2n) is 9.78. The molecule has 1 amide bonds. The number of nitrogens with one attached hydrogen (secondary N) is 1. The van der Waals surface area contributed by atoms with Gasteiger partial charge in [0, 0.05) is 6.07 Å². The molecule has 1 unspecified atom stereocenters. The first-order chi connectivity index (χ1) is 18.8. The summed E-state index contributed by atoms with van der Waals surface area (Å²) in [6.07, 6.45) is 0.534. The van der Waals surface area contributed by atoms with Gasteiger partial charge in [0.25, 0.3) is 0 Å². The van der Waals surface area contributed by atoms with Crippen molar-refractivity contribution in [1.29, 1.82) is 0 Å². The zero-order chi connectivity index (χ0) is 27.6. The second-order valence-corrected chi connectivity index (χ2v) is 10.8. The molecular weight excluding hydrogens is 513 g/mol. The number of carbonyl (C=O) groups is 2. The molecule has 7 heteroatoms. The Bertz CT molecular complexity index is 1490. The zero-order valence-electron chi connectivity index (χ0n) is 22.1. The predicted octanol–water partition coefficient (Wildman–Crippen LogP) is 8.43. The number of carbonyl (C=O) groups excluding carboxylic acids is 2. The van der Waals surface area contributed by atoms with Crippen LogP contribution in [0.25, 0.3) is 21.6 Å². The van der Waals surface area contributed by atoms with Gasteiger partial charge in [0.2, 0.25) is 0 Å². The van der Waals surface area contributed by atoms with Gasteiger partial charge in [-0.2, -0.15) is 4.39 Å². The quantitative estimate of drug-likeness (QED) is 0.227. The number of thiophene rings is 1. The zero-order valence-corrected chi connectivity index (χ0v) is 22.9. The molecule has 0 saturated heterocycles. The molecule has 1 fully saturated rings. The van der Waals surface area contributed by atoms with Crippen molar-refractivity contribution >= 4 is 29.1 Å². The van der Waals surface area contributed by atoms with Crippen LogP contribution >= 0.6 is 11.3 Å². The van der Waals surface area contributed by atoms with Crippen LogP contribution in [0.4, 0.5) is 14.9 Å². The first-order valence-electron chi connectivity index (χ1n) is 13.0. The van der Waals surface area contributed by atoms with Crippen molar-refractivity contribution in [2.75, 3.05) is 11.9 Å². The average Bonchev–Trinajstić information content (AvgIpc) is 3.67. The van der Waals surface area contributed by atoms with Crippen LogP contribution in [0, 0.1) is 12.1 Å². The van der Waals surface area contributed by atoms with Gasteiger partial charge < -0.3 is 9.47 Å². The van der Waals surface area contributed by atoms with Crippen molar-refractivity contribution in [3.8, 4) is 21.6 Å². The Morgan fingerprint density at radius 3 is 2.21 bits per heavy atom. The molecule has 1 aliphatic carbocycles. The first-order valence-corrected chi connectivity index (χ1v) is 13.8. The molecule has 3 aromatic carbocycles. The topological polar surface area (TPSA) is 64.6 Å². The van der Waals surface area contributed by atoms with Crippen molar-refractivity contribution in [1.82, 2.24) is 0 Å². The highest BCUT2D eigenvalue weighted by atomic mass is 32.1. The largest absolute Gasteiger partial charge is 0.465 e. The molecule has 39 heavy (non-hydrogen) atoms. The van der Waals surface area contributed by atoms with E-state index in [0.717, 1.165) is 57.6 Å². The Morgan fingerprint density at radius 1 is 0.974 bits per heavy atom. The molecule has 1 aromatic heterocycles. The summed E-state index contributed by atoms with van der Waals surface area (Å²) in [5.74, 6) is -0.150. The van der Waals surface area contributed by atoms with E-state index < -0.39 is 22.7 Å². The highest BCUT2D eigenvalue weighted by Gasteiger charge is 2.52. The molecule has 4 aromatic rings. The molecule has 5 rings (SSSR count). The van der Waals surface area contributed by atoms with Crippen LogP contribution in [-0.4, -0.2) is 18.7 Å². The fourth-order valence-electron chi connectivity index (χ4n) is 4.88. The van der Waals surface area contributed by atoms with Gasteiger partial charge in [-0.3, -0.25) is 10.1 Å². The Morgan fingerprint density at radius 2 is 1.59 bits per heavy atom. The van der Waals surface area contributed by atoms with Gasteiger partial charge in [-0.05, 0) is 67.0 Å². The summed E-state index contributed by atoms with van der Waals surface area (Å²) >= 11 is 0.966. The van der Waals surface area contributed by atoms with Gasteiger partial charge in [-0.1, -0.05) is 72.8 Å². The van der Waals surface area contributed by atoms with Crippen molar-refractivity contribution in [2.45, 2.75) is 45.1 Å². The fourth-order valence-corrected chi connectivity index (χ4v) is 5.72. The van der Waals surface area contributed by atoms with E-state index in [2.05, 4.69) is 5.32 Å². The summed E-state index contributed by atoms with van der Waals surface area (Å²) in [4.78, 5) is 25.7. The number of benzene rings is 3. The summed E-state index contributed by atoms with van der Waals surface area (Å²) < 4.78 is 25.1. The molecule has 1 heterocycles. The molecule has 1 atom stereocenters. The third-order valence-corrected chi connectivity index (χ3v) is 8.16. The Hall–Kier alpha value is -3.97. The lowest BCUT2D eigenvalue weighted by molar-refractivity contribution is -0.146. The van der Waals surface area contributed by atoms with E-state index in [9.17, 15) is 14.0 Å². The monoisotopic (exact) mass is 543 g/mol. The Labute approximate surface area is 231 Å². The first kappa shape index (κ1) is 26.6. The fraction of sp³-hybridized carbons (Fsp3) is 0.250. The van der Waals surface area contributed by atoms with E-state index in [1.807, 2.05) is 93.6 Å². The maximum absolute atomic E-state index is 14.3. The number of ether oxygens (including phenoxy) is 2. The van der Waals surface area contributed by atoms with Gasteiger partial charge in [0.15, 0.2) is 5.13 Å². The van der Waals surface area contributed by atoms with Gasteiger partial charge in [0.05, 0.1) is 22.6 Å². The van der Waals surface area contributed by atoms with Gasteiger partial charge in [-0.15, -0.1) is 11.3 Å². The van der Waals surface area contributed by atoms with Crippen LogP contribution < -0.4 is 5.32 Å². The molecule has 1 saturated carbocycles. The number of amides is 1. The number of hydrogen-bond acceptors (Lipinski definition) is 5. The summed E-state index contributed by atoms with van der Waals surface area (Å²) in [5.41, 5.74) is 5.58. The molecular formula is C32H30FNO4S. The van der Waals surface area contributed by atoms with Crippen molar-refractivity contribution < 1.29 is 23.5 Å². The van der Waals surface area contributed by atoms with Crippen LogP contribution in [0.1, 0.15) is 49.5 Å². The summed E-state index contributed by atoms with van der Waals surface area (Å²) in [6, 6.07) is 24.8. The molecule has 200 valence electrons. The Balaban J connectivity index is 1.29. The number of halogens is 1. The van der Waals surface area contributed by atoms with Gasteiger partial charge in [0.1, 0.15) is 6.10 Å². The van der Waals surface area contributed by atoms with Crippen molar-refractivity contribution in [2.24, 2.45) is 0 Å². The lowest BCUT2D eigenvalue weighted by Gasteiger charge is -2.16. The summed E-state index contributed by atoms with van der Waals surface area (Å²) in [5, 5.41) is 2.31. The number of rotatable bonds is 8. The third kappa shape index (κ3) is 5.59. The van der Waals surface area contributed by atoms with Gasteiger partial charge >= 0.3 is 12.1 Å². The number of esters is 1. The lowest BCUT2D eigenvalue weighted by atomic mass is 9.93. The van der Waals surface area contributed by atoms with Crippen LogP contribution in [-0.2, 0) is 19.7 Å². The van der Waals surface area contributed by atoms with E-state index in [0.29, 0.717) is 17.2 Å². The number of hydrogen-bond donors (Lipinski definition) is 1. The minimum Gasteiger partial charge on any atom is -0.465 e. The predicted molar refractivity (Wildman–Crippen MR) is 152 cm³/mol. The van der Waals surface area contributed by atoms with Gasteiger partial charge in [-0.25, -0.2) is 4.79 Å². The van der Waals surface area contributed by atoms with E-state index in [4.69, 9.17) is 9.47 Å². The minimum atomic E-state index is -0.641. The molecule has 5 nitrogen and oxygen atoms in total. The lowest BCUT2D eigenvalue weighted by Crippen LogP contribution is -2.23. The summed E-state index contributed by atoms with van der Waals surface area (Å²) in [7, 11) is 0. The van der Waals surface area contributed by atoms with E-state index >= 15 is 0 Å². The van der Waals surface area contributed by atoms with Crippen LogP contribution in [0.15, 0.2) is 78.9 Å². The SMILES string of the molecule is CCOC(=O)C1(c2ccc(-c3ccc(-c4sc(F)cc4NC(=O)OC(C)c4ccccc4C)cc3)cc2)CC1. The van der Waals surface area contributed by atoms with Crippen LogP contribution in [0.3, 0.4) is 0 Å². The standard InChI is InChI=1S/C32H30FNO4S/c1-4-37-30(35)32(17-18-32)25-15-13-23(14-16-25)22-9-11-24(12-10-22)29-27(19-28(33)39-29)34-31(36)38-21(3)26-8-6-5-7-20(26)2/h5-16,19,21H,4,17-18H2,1-3H3,(H,34,36). The van der Waals surface area contributed by atoms with E-state index in [-0.39, 0.29) is 5.97 Å². The molecule has 1 aliphatic rings. The molecule has 1 N–H and O–H groups in total. The maximum atomic E-state index is 14.3. The second kappa shape index (κ2) is 11.0. The smallest absolute Gasteiger partial charge is 0.412 e. The van der Waals surface area contributed by atoms with Crippen LogP contribution in [0.2, 0.25) is 0 Å². The highest BCUT2D eigenvalue weighted by Crippen LogP contribution is 2.49. The third-order valence-electron chi connectivity index (χ3n) is 7.18. The van der Waals surface area contributed by atoms with E-state index in [1.165, 1.54) is 6.07 Å². The van der Waals surface area contributed by atoms with E-state index in [1.54, 1.807) is 0 Å². The average molecular weight is 544 g/mol. The number of aryl methyl sites for hydroxylation is 1. The molecule has 0 radical (unpaired) electrons. The maximum Gasteiger partial charge on any atom is 0.412 e. The van der Waals surface area contributed by atoms with Crippen LogP contribution in [0.5, 0.6) is 0 Å². The molecule has 0 aliphatic heterocycles. The minimum absolute atomic E-state index is 0.150. The van der Waals surface area contributed by atoms with Crippen molar-refractivity contribution in [3.05, 3.63) is 101 Å². The number of anilines is 1. The molecule has 0 spiro atoms. The van der Waals surface area contributed by atoms with Crippen molar-refractivity contribution in [3.63, 3.8) is 0 Å². The molecule has 0 bridgehead atoms. The normalized spacial score (nSPS) is 14.4. The summed E-state index contributed by atoms with van der Waals surface area (Å²) in [6.45, 7) is 5.97. The highest BCUT2D eigenvalue weighted by molar-refractivity contribution is 7.14. The Kier molecular flexibility index (Phi) is 7.53.